The molecular formula is C20H25NO2. The molecule has 3 rings (SSSR count). The maximum Gasteiger partial charge on any atom is 0.0814 e. The van der Waals surface area contributed by atoms with E-state index in [1.807, 2.05) is 36.4 Å². The van der Waals surface area contributed by atoms with E-state index >= 15 is 0 Å². The molecule has 0 radical (unpaired) electrons. The normalized spacial score (nSPS) is 19.8. The number of aliphatic hydroxyl groups excluding tert-OH is 1. The van der Waals surface area contributed by atoms with Gasteiger partial charge in [-0.1, -0.05) is 60.7 Å². The molecule has 0 spiro atoms. The van der Waals surface area contributed by atoms with Crippen molar-refractivity contribution in [2.75, 3.05) is 19.7 Å². The van der Waals surface area contributed by atoms with Gasteiger partial charge in [0.2, 0.25) is 0 Å². The van der Waals surface area contributed by atoms with Crippen LogP contribution in [0.1, 0.15) is 17.5 Å². The molecule has 1 saturated heterocycles. The van der Waals surface area contributed by atoms with Crippen molar-refractivity contribution in [3.63, 3.8) is 0 Å². The van der Waals surface area contributed by atoms with Crippen molar-refractivity contribution in [2.45, 2.75) is 25.7 Å². The predicted molar refractivity (Wildman–Crippen MR) is 91.9 cm³/mol. The van der Waals surface area contributed by atoms with Gasteiger partial charge in [-0.2, -0.15) is 0 Å². The van der Waals surface area contributed by atoms with Crippen LogP contribution >= 0.6 is 0 Å². The summed E-state index contributed by atoms with van der Waals surface area (Å²) in [5.41, 5.74) is 2.49. The van der Waals surface area contributed by atoms with Gasteiger partial charge in [0.25, 0.3) is 0 Å². The fourth-order valence-corrected chi connectivity index (χ4v) is 3.17. The SMILES string of the molecule is O[C@H](COCc1ccccc1)[C@@H]1CCN(Cc2ccccc2)C1. The Bertz CT molecular complexity index is 573. The molecule has 0 amide bonds. The number of hydrogen-bond donors (Lipinski definition) is 1. The number of hydrogen-bond acceptors (Lipinski definition) is 3. The van der Waals surface area contributed by atoms with Crippen LogP contribution in [0, 0.1) is 5.92 Å². The number of rotatable bonds is 7. The van der Waals surface area contributed by atoms with Crippen LogP contribution in [0.4, 0.5) is 0 Å². The van der Waals surface area contributed by atoms with Crippen LogP contribution in [0.5, 0.6) is 0 Å². The van der Waals surface area contributed by atoms with E-state index in [1.165, 1.54) is 5.56 Å². The Morgan fingerprint density at radius 1 is 1.00 bits per heavy atom. The van der Waals surface area contributed by atoms with Gasteiger partial charge in [0, 0.05) is 19.0 Å². The van der Waals surface area contributed by atoms with E-state index in [-0.39, 0.29) is 6.10 Å². The highest BCUT2D eigenvalue weighted by atomic mass is 16.5. The Kier molecular flexibility index (Phi) is 5.81. The lowest BCUT2D eigenvalue weighted by molar-refractivity contribution is 0.0000854. The maximum absolute atomic E-state index is 10.4. The number of ether oxygens (including phenoxy) is 1. The summed E-state index contributed by atoms with van der Waals surface area (Å²) in [5.74, 6) is 0.314. The maximum atomic E-state index is 10.4. The van der Waals surface area contributed by atoms with Crippen LogP contribution in [-0.2, 0) is 17.9 Å². The summed E-state index contributed by atoms with van der Waals surface area (Å²) in [6.45, 7) is 3.95. The minimum Gasteiger partial charge on any atom is -0.390 e. The molecule has 1 aliphatic rings. The summed E-state index contributed by atoms with van der Waals surface area (Å²) < 4.78 is 5.68. The van der Waals surface area contributed by atoms with Gasteiger partial charge in [-0.15, -0.1) is 0 Å². The minimum atomic E-state index is -0.375. The Hall–Kier alpha value is -1.68. The van der Waals surface area contributed by atoms with E-state index in [0.717, 1.165) is 31.6 Å². The van der Waals surface area contributed by atoms with Gasteiger partial charge >= 0.3 is 0 Å². The van der Waals surface area contributed by atoms with Crippen molar-refractivity contribution in [2.24, 2.45) is 5.92 Å². The molecule has 0 unspecified atom stereocenters. The fourth-order valence-electron chi connectivity index (χ4n) is 3.17. The summed E-state index contributed by atoms with van der Waals surface area (Å²) in [4.78, 5) is 2.42. The molecule has 2 atom stereocenters. The van der Waals surface area contributed by atoms with E-state index in [1.54, 1.807) is 0 Å². The van der Waals surface area contributed by atoms with Crippen LogP contribution in [0.15, 0.2) is 60.7 Å². The van der Waals surface area contributed by atoms with E-state index in [0.29, 0.717) is 19.1 Å². The lowest BCUT2D eigenvalue weighted by Gasteiger charge is -2.20. The predicted octanol–water partition coefficient (Wildman–Crippen LogP) is 3.09. The van der Waals surface area contributed by atoms with Gasteiger partial charge in [0.05, 0.1) is 19.3 Å². The van der Waals surface area contributed by atoms with Crippen LogP contribution in [-0.4, -0.2) is 35.8 Å². The van der Waals surface area contributed by atoms with E-state index in [4.69, 9.17) is 4.74 Å². The molecule has 1 heterocycles. The zero-order valence-corrected chi connectivity index (χ0v) is 13.5. The van der Waals surface area contributed by atoms with Gasteiger partial charge in [-0.05, 0) is 24.1 Å². The Morgan fingerprint density at radius 2 is 1.65 bits per heavy atom. The highest BCUT2D eigenvalue weighted by molar-refractivity contribution is 5.15. The Labute approximate surface area is 138 Å². The van der Waals surface area contributed by atoms with Crippen molar-refractivity contribution in [3.8, 4) is 0 Å². The lowest BCUT2D eigenvalue weighted by Crippen LogP contribution is -2.29. The van der Waals surface area contributed by atoms with Gasteiger partial charge in [0.15, 0.2) is 0 Å². The first kappa shape index (κ1) is 16.2. The first-order chi connectivity index (χ1) is 11.3. The van der Waals surface area contributed by atoms with Crippen LogP contribution in [0.25, 0.3) is 0 Å². The number of benzene rings is 2. The standard InChI is InChI=1S/C20H25NO2/c22-20(16-23-15-18-9-5-2-6-10-18)19-11-12-21(14-19)13-17-7-3-1-4-8-17/h1-10,19-20,22H,11-16H2/t19-,20-/m1/s1. The zero-order chi connectivity index (χ0) is 15.9. The molecule has 2 aromatic carbocycles. The van der Waals surface area contributed by atoms with Crippen LogP contribution < -0.4 is 0 Å². The van der Waals surface area contributed by atoms with Crippen molar-refractivity contribution in [1.82, 2.24) is 4.90 Å². The second kappa shape index (κ2) is 8.25. The number of likely N-dealkylation sites (tertiary alicyclic amines) is 1. The van der Waals surface area contributed by atoms with Gasteiger partial charge in [-0.25, -0.2) is 0 Å². The first-order valence-electron chi connectivity index (χ1n) is 8.37. The summed E-state index contributed by atoms with van der Waals surface area (Å²) in [5, 5.41) is 10.4. The molecule has 23 heavy (non-hydrogen) atoms. The number of aliphatic hydroxyl groups is 1. The van der Waals surface area contributed by atoms with Gasteiger partial charge in [-0.3, -0.25) is 4.90 Å². The molecule has 122 valence electrons. The molecule has 3 nitrogen and oxygen atoms in total. The Balaban J connectivity index is 1.40. The minimum absolute atomic E-state index is 0.314. The summed E-state index contributed by atoms with van der Waals surface area (Å²) >= 11 is 0. The zero-order valence-electron chi connectivity index (χ0n) is 13.5. The highest BCUT2D eigenvalue weighted by Gasteiger charge is 2.28. The molecule has 1 aliphatic heterocycles. The van der Waals surface area contributed by atoms with Gasteiger partial charge in [0.1, 0.15) is 0 Å². The summed E-state index contributed by atoms with van der Waals surface area (Å²) in [6.07, 6.45) is 0.669. The molecule has 0 saturated carbocycles. The lowest BCUT2D eigenvalue weighted by atomic mass is 10.0. The topological polar surface area (TPSA) is 32.7 Å². The third-order valence-electron chi connectivity index (χ3n) is 4.50. The second-order valence-electron chi connectivity index (χ2n) is 6.34. The fraction of sp³-hybridized carbons (Fsp3) is 0.400. The third kappa shape index (κ3) is 4.90. The molecular weight excluding hydrogens is 286 g/mol. The quantitative estimate of drug-likeness (QED) is 0.853. The van der Waals surface area contributed by atoms with E-state index in [2.05, 4.69) is 29.2 Å². The van der Waals surface area contributed by atoms with Crippen molar-refractivity contribution in [3.05, 3.63) is 71.8 Å². The van der Waals surface area contributed by atoms with E-state index < -0.39 is 0 Å². The monoisotopic (exact) mass is 311 g/mol. The van der Waals surface area contributed by atoms with Crippen molar-refractivity contribution in [1.29, 1.82) is 0 Å². The second-order valence-corrected chi connectivity index (χ2v) is 6.34. The van der Waals surface area contributed by atoms with E-state index in [9.17, 15) is 5.11 Å². The van der Waals surface area contributed by atoms with Crippen molar-refractivity contribution < 1.29 is 9.84 Å². The van der Waals surface area contributed by atoms with Gasteiger partial charge < -0.3 is 9.84 Å². The summed E-state index contributed by atoms with van der Waals surface area (Å²) in [7, 11) is 0. The molecule has 0 aromatic heterocycles. The highest BCUT2D eigenvalue weighted by Crippen LogP contribution is 2.22. The molecule has 1 fully saturated rings. The molecule has 1 N–H and O–H groups in total. The van der Waals surface area contributed by atoms with Crippen LogP contribution in [0.2, 0.25) is 0 Å². The largest absolute Gasteiger partial charge is 0.390 e. The molecule has 2 aromatic rings. The number of nitrogens with zero attached hydrogens (tertiary/aromatic N) is 1. The van der Waals surface area contributed by atoms with Crippen LogP contribution in [0.3, 0.4) is 0 Å². The third-order valence-corrected chi connectivity index (χ3v) is 4.50. The smallest absolute Gasteiger partial charge is 0.0814 e. The average Bonchev–Trinajstić information content (AvgIpc) is 3.05. The molecule has 0 aliphatic carbocycles. The molecule has 3 heteroatoms. The Morgan fingerprint density at radius 3 is 2.35 bits per heavy atom. The first-order valence-corrected chi connectivity index (χ1v) is 8.37. The average molecular weight is 311 g/mol. The molecule has 0 bridgehead atoms. The van der Waals surface area contributed by atoms with Crippen molar-refractivity contribution >= 4 is 0 Å². The summed E-state index contributed by atoms with van der Waals surface area (Å²) in [6, 6.07) is 20.6.